The van der Waals surface area contributed by atoms with Crippen LogP contribution in [0.5, 0.6) is 0 Å². The highest BCUT2D eigenvalue weighted by Crippen LogP contribution is 2.56. The predicted molar refractivity (Wildman–Crippen MR) is 72.6 cm³/mol. The van der Waals surface area contributed by atoms with E-state index >= 15 is 0 Å². The minimum absolute atomic E-state index is 0.375. The van der Waals surface area contributed by atoms with E-state index in [2.05, 4.69) is 30.4 Å². The van der Waals surface area contributed by atoms with E-state index in [9.17, 15) is 5.11 Å². The number of hydrogen-bond donors (Lipinski definition) is 1. The maximum Gasteiger partial charge on any atom is 0.137 e. The first-order valence-corrected chi connectivity index (χ1v) is 6.53. The van der Waals surface area contributed by atoms with Crippen molar-refractivity contribution in [1.82, 2.24) is 0 Å². The fraction of sp³-hybridized carbons (Fsp3) is 0.0667. The Kier molecular flexibility index (Phi) is 1.75. The van der Waals surface area contributed by atoms with Gasteiger partial charge in [-0.05, 0) is 11.1 Å². The third-order valence-electron chi connectivity index (χ3n) is 3.41. The van der Waals surface area contributed by atoms with Gasteiger partial charge in [0.25, 0.3) is 0 Å². The van der Waals surface area contributed by atoms with E-state index in [0.717, 1.165) is 10.5 Å². The van der Waals surface area contributed by atoms with Crippen molar-refractivity contribution in [3.8, 4) is 0 Å². The monoisotopic (exact) mass is 238 g/mol. The molecular formula is C15H10OS. The SMILES string of the molecule is OC1=C2SC3C=CC=CC3=C2c2ccccc21. The molecule has 3 aliphatic rings. The van der Waals surface area contributed by atoms with Crippen LogP contribution >= 0.6 is 11.8 Å². The smallest absolute Gasteiger partial charge is 0.137 e. The Morgan fingerprint density at radius 1 is 1.06 bits per heavy atom. The fourth-order valence-corrected chi connectivity index (χ4v) is 3.96. The van der Waals surface area contributed by atoms with Crippen LogP contribution in [0.2, 0.25) is 0 Å². The summed E-state index contributed by atoms with van der Waals surface area (Å²) in [6.45, 7) is 0. The summed E-state index contributed by atoms with van der Waals surface area (Å²) < 4.78 is 0. The number of hydrogen-bond acceptors (Lipinski definition) is 2. The van der Waals surface area contributed by atoms with Crippen molar-refractivity contribution < 1.29 is 5.11 Å². The van der Waals surface area contributed by atoms with E-state index in [1.165, 1.54) is 16.7 Å². The van der Waals surface area contributed by atoms with E-state index in [0.29, 0.717) is 11.0 Å². The molecule has 1 aromatic carbocycles. The molecule has 17 heavy (non-hydrogen) atoms. The first-order valence-electron chi connectivity index (χ1n) is 5.65. The summed E-state index contributed by atoms with van der Waals surface area (Å²) in [4.78, 5) is 1.04. The highest BCUT2D eigenvalue weighted by molar-refractivity contribution is 8.05. The van der Waals surface area contributed by atoms with Gasteiger partial charge in [-0.2, -0.15) is 0 Å². The minimum atomic E-state index is 0.375. The second-order valence-corrected chi connectivity index (χ2v) is 5.49. The Bertz CT molecular complexity index is 647. The maximum absolute atomic E-state index is 10.3. The van der Waals surface area contributed by atoms with Gasteiger partial charge >= 0.3 is 0 Å². The van der Waals surface area contributed by atoms with Crippen molar-refractivity contribution >= 4 is 23.1 Å². The lowest BCUT2D eigenvalue weighted by Crippen LogP contribution is -2.00. The van der Waals surface area contributed by atoms with Crippen molar-refractivity contribution in [2.24, 2.45) is 0 Å². The summed E-state index contributed by atoms with van der Waals surface area (Å²) in [5.41, 5.74) is 4.70. The van der Waals surface area contributed by atoms with Crippen molar-refractivity contribution in [3.05, 3.63) is 70.2 Å². The number of rotatable bonds is 0. The molecule has 0 aromatic heterocycles. The Labute approximate surface area is 104 Å². The molecule has 1 aliphatic heterocycles. The van der Waals surface area contributed by atoms with Crippen LogP contribution in [-0.2, 0) is 0 Å². The molecule has 0 bridgehead atoms. The first kappa shape index (κ1) is 9.37. The third-order valence-corrected chi connectivity index (χ3v) is 4.70. The van der Waals surface area contributed by atoms with Crippen molar-refractivity contribution in [2.45, 2.75) is 5.25 Å². The topological polar surface area (TPSA) is 20.2 Å². The molecule has 0 saturated carbocycles. The van der Waals surface area contributed by atoms with Crippen LogP contribution in [0.25, 0.3) is 11.3 Å². The zero-order valence-electron chi connectivity index (χ0n) is 9.05. The molecule has 0 radical (unpaired) electrons. The van der Waals surface area contributed by atoms with Gasteiger partial charge in [0.15, 0.2) is 0 Å². The summed E-state index contributed by atoms with van der Waals surface area (Å²) in [5.74, 6) is 0.448. The molecule has 2 aliphatic carbocycles. The molecule has 4 rings (SSSR count). The van der Waals surface area contributed by atoms with Gasteiger partial charge in [-0.15, -0.1) is 11.8 Å². The number of thioether (sulfide) groups is 1. The van der Waals surface area contributed by atoms with Gasteiger partial charge in [0.05, 0.1) is 10.2 Å². The average Bonchev–Trinajstić information content (AvgIpc) is 2.88. The third kappa shape index (κ3) is 1.11. The summed E-state index contributed by atoms with van der Waals surface area (Å²) in [6.07, 6.45) is 8.50. The Hall–Kier alpha value is -1.67. The lowest BCUT2D eigenvalue weighted by Gasteiger charge is -2.10. The summed E-state index contributed by atoms with van der Waals surface area (Å²) in [6, 6.07) is 8.08. The van der Waals surface area contributed by atoms with Crippen molar-refractivity contribution in [1.29, 1.82) is 0 Å². The van der Waals surface area contributed by atoms with Crippen LogP contribution in [0.3, 0.4) is 0 Å². The molecule has 1 nitrogen and oxygen atoms in total. The van der Waals surface area contributed by atoms with Crippen LogP contribution in [0.1, 0.15) is 11.1 Å². The summed E-state index contributed by atoms with van der Waals surface area (Å²) in [5, 5.41) is 10.7. The quantitative estimate of drug-likeness (QED) is 0.739. The van der Waals surface area contributed by atoms with Gasteiger partial charge in [0.2, 0.25) is 0 Å². The molecule has 1 unspecified atom stereocenters. The molecule has 0 saturated heterocycles. The maximum atomic E-state index is 10.3. The molecule has 1 atom stereocenters. The van der Waals surface area contributed by atoms with Gasteiger partial charge in [0.1, 0.15) is 5.76 Å². The van der Waals surface area contributed by atoms with E-state index in [1.54, 1.807) is 11.8 Å². The molecule has 0 fully saturated rings. The second-order valence-electron chi connectivity index (χ2n) is 4.34. The van der Waals surface area contributed by atoms with E-state index < -0.39 is 0 Å². The number of benzene rings is 1. The minimum Gasteiger partial charge on any atom is -0.506 e. The lowest BCUT2D eigenvalue weighted by molar-refractivity contribution is 0.513. The zero-order valence-corrected chi connectivity index (χ0v) is 9.87. The summed E-state index contributed by atoms with van der Waals surface area (Å²) >= 11 is 1.75. The van der Waals surface area contributed by atoms with Crippen molar-refractivity contribution in [3.63, 3.8) is 0 Å². The molecule has 1 heterocycles. The highest BCUT2D eigenvalue weighted by atomic mass is 32.2. The molecule has 1 N–H and O–H groups in total. The number of aliphatic hydroxyl groups is 1. The average molecular weight is 238 g/mol. The number of fused-ring (bicyclic) bond motifs is 4. The Morgan fingerprint density at radius 2 is 1.88 bits per heavy atom. The number of aliphatic hydroxyl groups excluding tert-OH is 1. The molecule has 2 heteroatoms. The van der Waals surface area contributed by atoms with Crippen LogP contribution in [0.15, 0.2) is 59.0 Å². The highest BCUT2D eigenvalue weighted by Gasteiger charge is 2.37. The van der Waals surface area contributed by atoms with Crippen molar-refractivity contribution in [2.75, 3.05) is 0 Å². The Balaban J connectivity index is 2.05. The standard InChI is InChI=1S/C15H10OS/c16-14-10-6-2-1-5-9(10)13-11-7-3-4-8-12(11)17-15(13)14/h1-8,12,16H. The fourth-order valence-electron chi connectivity index (χ4n) is 2.65. The molecule has 82 valence electrons. The lowest BCUT2D eigenvalue weighted by atomic mass is 9.97. The largest absolute Gasteiger partial charge is 0.506 e. The van der Waals surface area contributed by atoms with E-state index in [4.69, 9.17) is 0 Å². The van der Waals surface area contributed by atoms with Crippen LogP contribution in [0, 0.1) is 0 Å². The van der Waals surface area contributed by atoms with Gasteiger partial charge in [0, 0.05) is 11.1 Å². The van der Waals surface area contributed by atoms with E-state index in [-0.39, 0.29) is 0 Å². The predicted octanol–water partition coefficient (Wildman–Crippen LogP) is 3.92. The van der Waals surface area contributed by atoms with Crippen LogP contribution < -0.4 is 0 Å². The summed E-state index contributed by atoms with van der Waals surface area (Å²) in [7, 11) is 0. The van der Waals surface area contributed by atoms with Crippen LogP contribution in [0.4, 0.5) is 0 Å². The first-order chi connectivity index (χ1) is 8.36. The van der Waals surface area contributed by atoms with Gasteiger partial charge in [-0.3, -0.25) is 0 Å². The van der Waals surface area contributed by atoms with Gasteiger partial charge in [-0.1, -0.05) is 48.6 Å². The Morgan fingerprint density at radius 3 is 2.76 bits per heavy atom. The molecule has 1 aromatic rings. The molecule has 0 spiro atoms. The number of allylic oxidation sites excluding steroid dienone is 4. The zero-order chi connectivity index (χ0) is 11.4. The van der Waals surface area contributed by atoms with Gasteiger partial charge < -0.3 is 5.11 Å². The van der Waals surface area contributed by atoms with Crippen LogP contribution in [-0.4, -0.2) is 10.4 Å². The molecule has 0 amide bonds. The second kappa shape index (κ2) is 3.17. The van der Waals surface area contributed by atoms with Gasteiger partial charge in [-0.25, -0.2) is 0 Å². The molecular weight excluding hydrogens is 228 g/mol. The van der Waals surface area contributed by atoms with E-state index in [1.807, 2.05) is 18.2 Å². The normalized spacial score (nSPS) is 24.1.